The highest BCUT2D eigenvalue weighted by atomic mass is 19.1. The van der Waals surface area contributed by atoms with Crippen molar-refractivity contribution in [3.8, 4) is 5.75 Å². The average molecular weight is 433 g/mol. The Morgan fingerprint density at radius 1 is 1.16 bits per heavy atom. The van der Waals surface area contributed by atoms with E-state index in [0.29, 0.717) is 5.75 Å². The first-order valence-electron chi connectivity index (χ1n) is 10.0. The second kappa shape index (κ2) is 9.87. The highest BCUT2D eigenvalue weighted by molar-refractivity contribution is 5.83. The van der Waals surface area contributed by atoms with Gasteiger partial charge in [-0.1, -0.05) is 12.1 Å². The SMILES string of the molecule is CCOC(=O)[C@H]1CN(Cc2ccc(OC)cc2)C(=O)CC1c1c(F)cc(CO)cc1F. The van der Waals surface area contributed by atoms with Crippen LogP contribution in [0.4, 0.5) is 8.78 Å². The van der Waals surface area contributed by atoms with Crippen molar-refractivity contribution in [2.75, 3.05) is 20.3 Å². The van der Waals surface area contributed by atoms with Crippen molar-refractivity contribution in [2.24, 2.45) is 5.92 Å². The van der Waals surface area contributed by atoms with Gasteiger partial charge in [0, 0.05) is 31.0 Å². The Balaban J connectivity index is 1.90. The lowest BCUT2D eigenvalue weighted by atomic mass is 9.79. The van der Waals surface area contributed by atoms with Crippen LogP contribution in [0, 0.1) is 17.6 Å². The normalized spacial score (nSPS) is 18.7. The Morgan fingerprint density at radius 2 is 1.81 bits per heavy atom. The number of rotatable bonds is 7. The van der Waals surface area contributed by atoms with E-state index in [1.807, 2.05) is 12.1 Å². The third-order valence-corrected chi connectivity index (χ3v) is 5.46. The Hall–Kier alpha value is -3.00. The van der Waals surface area contributed by atoms with Gasteiger partial charge in [-0.2, -0.15) is 0 Å². The Bertz CT molecular complexity index is 924. The predicted molar refractivity (Wildman–Crippen MR) is 108 cm³/mol. The van der Waals surface area contributed by atoms with Gasteiger partial charge in [0.1, 0.15) is 17.4 Å². The number of amides is 1. The summed E-state index contributed by atoms with van der Waals surface area (Å²) in [6.45, 7) is 1.47. The van der Waals surface area contributed by atoms with Gasteiger partial charge in [0.25, 0.3) is 0 Å². The summed E-state index contributed by atoms with van der Waals surface area (Å²) in [6, 6.07) is 9.20. The van der Waals surface area contributed by atoms with E-state index in [9.17, 15) is 23.5 Å². The Morgan fingerprint density at radius 3 is 2.35 bits per heavy atom. The molecule has 1 heterocycles. The van der Waals surface area contributed by atoms with Crippen LogP contribution < -0.4 is 4.74 Å². The summed E-state index contributed by atoms with van der Waals surface area (Å²) in [4.78, 5) is 27.0. The van der Waals surface area contributed by atoms with E-state index >= 15 is 0 Å². The van der Waals surface area contributed by atoms with Crippen LogP contribution in [-0.4, -0.2) is 42.1 Å². The number of hydrogen-bond donors (Lipinski definition) is 1. The maximum absolute atomic E-state index is 14.7. The lowest BCUT2D eigenvalue weighted by Crippen LogP contribution is -2.46. The summed E-state index contributed by atoms with van der Waals surface area (Å²) >= 11 is 0. The van der Waals surface area contributed by atoms with Gasteiger partial charge in [-0.3, -0.25) is 9.59 Å². The van der Waals surface area contributed by atoms with Gasteiger partial charge in [-0.25, -0.2) is 8.78 Å². The van der Waals surface area contributed by atoms with E-state index in [4.69, 9.17) is 9.47 Å². The largest absolute Gasteiger partial charge is 0.497 e. The van der Waals surface area contributed by atoms with Crippen LogP contribution in [0.5, 0.6) is 5.75 Å². The van der Waals surface area contributed by atoms with Crippen LogP contribution in [0.25, 0.3) is 0 Å². The van der Waals surface area contributed by atoms with Gasteiger partial charge in [0.15, 0.2) is 0 Å². The number of methoxy groups -OCH3 is 1. The molecule has 8 heteroatoms. The fraction of sp³-hybridized carbons (Fsp3) is 0.391. The van der Waals surface area contributed by atoms with Crippen molar-refractivity contribution in [1.29, 1.82) is 0 Å². The molecule has 0 spiro atoms. The zero-order chi connectivity index (χ0) is 22.5. The van der Waals surface area contributed by atoms with Crippen molar-refractivity contribution >= 4 is 11.9 Å². The molecule has 0 bridgehead atoms. The van der Waals surface area contributed by atoms with Gasteiger partial charge in [-0.15, -0.1) is 0 Å². The molecule has 0 radical (unpaired) electrons. The van der Waals surface area contributed by atoms with E-state index in [1.54, 1.807) is 26.2 Å². The summed E-state index contributed by atoms with van der Waals surface area (Å²) < 4.78 is 39.7. The third-order valence-electron chi connectivity index (χ3n) is 5.46. The third kappa shape index (κ3) is 5.02. The molecule has 1 unspecified atom stereocenters. The van der Waals surface area contributed by atoms with Crippen LogP contribution in [-0.2, 0) is 27.5 Å². The molecule has 3 rings (SSSR count). The van der Waals surface area contributed by atoms with Crippen molar-refractivity contribution in [1.82, 2.24) is 4.90 Å². The molecule has 166 valence electrons. The zero-order valence-corrected chi connectivity index (χ0v) is 17.4. The molecule has 1 fully saturated rings. The first-order chi connectivity index (χ1) is 14.9. The standard InChI is InChI=1S/C23H25F2NO5/c1-3-31-23(29)18-12-26(11-14-4-6-16(30-2)7-5-14)21(28)10-17(18)22-19(24)8-15(13-27)9-20(22)25/h4-9,17-18,27H,3,10-13H2,1-2H3/t17?,18-/m0/s1. The number of hydrogen-bond acceptors (Lipinski definition) is 5. The van der Waals surface area contributed by atoms with E-state index in [2.05, 4.69) is 0 Å². The topological polar surface area (TPSA) is 76.1 Å². The molecular formula is C23H25F2NO5. The van der Waals surface area contributed by atoms with Crippen molar-refractivity contribution < 1.29 is 33.0 Å². The van der Waals surface area contributed by atoms with Crippen LogP contribution >= 0.6 is 0 Å². The number of esters is 1. The number of aliphatic hydroxyl groups excluding tert-OH is 1. The van der Waals surface area contributed by atoms with Crippen LogP contribution in [0.1, 0.15) is 36.0 Å². The Labute approximate surface area is 179 Å². The molecule has 1 N–H and O–H groups in total. The molecule has 1 amide bonds. The fourth-order valence-corrected chi connectivity index (χ4v) is 3.90. The second-order valence-electron chi connectivity index (χ2n) is 7.42. The van der Waals surface area contributed by atoms with E-state index < -0.39 is 36.0 Å². The summed E-state index contributed by atoms with van der Waals surface area (Å²) in [5.41, 5.74) is 0.585. The summed E-state index contributed by atoms with van der Waals surface area (Å²) in [7, 11) is 1.55. The number of likely N-dealkylation sites (tertiary alicyclic amines) is 1. The number of halogens is 2. The monoisotopic (exact) mass is 433 g/mol. The van der Waals surface area contributed by atoms with E-state index in [-0.39, 0.29) is 43.2 Å². The van der Waals surface area contributed by atoms with Crippen molar-refractivity contribution in [3.63, 3.8) is 0 Å². The van der Waals surface area contributed by atoms with Gasteiger partial charge in [0.05, 0.1) is 26.2 Å². The minimum Gasteiger partial charge on any atom is -0.497 e. The molecule has 0 saturated carbocycles. The maximum Gasteiger partial charge on any atom is 0.311 e. The minimum absolute atomic E-state index is 0.0189. The summed E-state index contributed by atoms with van der Waals surface area (Å²) in [6.07, 6.45) is -0.230. The number of aliphatic hydroxyl groups is 1. The lowest BCUT2D eigenvalue weighted by molar-refractivity contribution is -0.154. The molecule has 1 aliphatic rings. The number of carbonyl (C=O) groups is 2. The van der Waals surface area contributed by atoms with Crippen LogP contribution in [0.15, 0.2) is 36.4 Å². The van der Waals surface area contributed by atoms with Crippen LogP contribution in [0.2, 0.25) is 0 Å². The maximum atomic E-state index is 14.7. The molecule has 6 nitrogen and oxygen atoms in total. The summed E-state index contributed by atoms with van der Waals surface area (Å²) in [5, 5.41) is 9.17. The highest BCUT2D eigenvalue weighted by Crippen LogP contribution is 2.38. The van der Waals surface area contributed by atoms with Crippen LogP contribution in [0.3, 0.4) is 0 Å². The van der Waals surface area contributed by atoms with Gasteiger partial charge in [-0.05, 0) is 42.3 Å². The summed E-state index contributed by atoms with van der Waals surface area (Å²) in [5.74, 6) is -3.93. The number of carbonyl (C=O) groups excluding carboxylic acids is 2. The first kappa shape index (κ1) is 22.7. The van der Waals surface area contributed by atoms with Crippen molar-refractivity contribution in [3.05, 3.63) is 64.7 Å². The van der Waals surface area contributed by atoms with Gasteiger partial charge in [0.2, 0.25) is 5.91 Å². The lowest BCUT2D eigenvalue weighted by Gasteiger charge is -2.37. The average Bonchev–Trinajstić information content (AvgIpc) is 2.75. The molecule has 1 saturated heterocycles. The molecule has 1 aliphatic heterocycles. The highest BCUT2D eigenvalue weighted by Gasteiger charge is 2.42. The van der Waals surface area contributed by atoms with Crippen molar-refractivity contribution in [2.45, 2.75) is 32.4 Å². The number of piperidine rings is 1. The van der Waals surface area contributed by atoms with Gasteiger partial charge >= 0.3 is 5.97 Å². The predicted octanol–water partition coefficient (Wildman–Crippen LogP) is 3.16. The quantitative estimate of drug-likeness (QED) is 0.679. The second-order valence-corrected chi connectivity index (χ2v) is 7.42. The number of ether oxygens (including phenoxy) is 2. The van der Waals surface area contributed by atoms with E-state index in [0.717, 1.165) is 17.7 Å². The molecule has 31 heavy (non-hydrogen) atoms. The minimum atomic E-state index is -0.994. The molecule has 2 aromatic carbocycles. The molecule has 0 aliphatic carbocycles. The number of benzene rings is 2. The smallest absolute Gasteiger partial charge is 0.311 e. The number of nitrogens with zero attached hydrogens (tertiary/aromatic N) is 1. The molecular weight excluding hydrogens is 408 g/mol. The first-order valence-corrected chi connectivity index (χ1v) is 10.0. The van der Waals surface area contributed by atoms with Gasteiger partial charge < -0.3 is 19.5 Å². The zero-order valence-electron chi connectivity index (χ0n) is 17.4. The fourth-order valence-electron chi connectivity index (χ4n) is 3.90. The molecule has 0 aromatic heterocycles. The molecule has 2 atom stereocenters. The van der Waals surface area contributed by atoms with E-state index in [1.165, 1.54) is 4.90 Å². The molecule has 2 aromatic rings. The Kier molecular flexibility index (Phi) is 7.22.